The average molecular weight is 293 g/mol. The summed E-state index contributed by atoms with van der Waals surface area (Å²) < 4.78 is 8.05. The Labute approximate surface area is 124 Å². The minimum Gasteiger partial charge on any atom is -0.376 e. The summed E-state index contributed by atoms with van der Waals surface area (Å²) in [6.45, 7) is 4.95. The second-order valence-electron chi connectivity index (χ2n) is 5.86. The molecule has 1 unspecified atom stereocenters. The van der Waals surface area contributed by atoms with E-state index in [4.69, 9.17) is 21.3 Å². The molecule has 108 valence electrons. The third-order valence-electron chi connectivity index (χ3n) is 4.50. The van der Waals surface area contributed by atoms with E-state index >= 15 is 0 Å². The van der Waals surface area contributed by atoms with Gasteiger partial charge in [0.2, 0.25) is 0 Å². The van der Waals surface area contributed by atoms with Crippen LogP contribution < -0.4 is 0 Å². The molecule has 0 radical (unpaired) electrons. The lowest BCUT2D eigenvalue weighted by molar-refractivity contribution is -0.0832. The quantitative estimate of drug-likeness (QED) is 0.789. The zero-order chi connectivity index (χ0) is 14.3. The first-order valence-corrected chi connectivity index (χ1v) is 7.65. The number of rotatable bonds is 4. The highest BCUT2D eigenvalue weighted by atomic mass is 35.5. The highest BCUT2D eigenvalue weighted by molar-refractivity contribution is 6.20. The Morgan fingerprint density at radius 3 is 2.75 bits per heavy atom. The van der Waals surface area contributed by atoms with Gasteiger partial charge in [-0.15, -0.1) is 11.6 Å². The first kappa shape index (κ1) is 13.9. The number of aryl methyl sites for hydroxylation is 1. The molecule has 0 aliphatic heterocycles. The Kier molecular flexibility index (Phi) is 3.51. The summed E-state index contributed by atoms with van der Waals surface area (Å²) in [6.07, 6.45) is 3.47. The van der Waals surface area contributed by atoms with Crippen molar-refractivity contribution in [3.05, 3.63) is 29.6 Å². The second kappa shape index (κ2) is 5.05. The predicted molar refractivity (Wildman–Crippen MR) is 82.3 cm³/mol. The Balaban J connectivity index is 2.13. The summed E-state index contributed by atoms with van der Waals surface area (Å²) >= 11 is 6.34. The van der Waals surface area contributed by atoms with Crippen molar-refractivity contribution < 1.29 is 4.74 Å². The van der Waals surface area contributed by atoms with Crippen LogP contribution in [0.25, 0.3) is 11.0 Å². The van der Waals surface area contributed by atoms with Crippen LogP contribution in [0.1, 0.15) is 43.0 Å². The molecule has 0 amide bonds. The van der Waals surface area contributed by atoms with Gasteiger partial charge in [0.05, 0.1) is 28.6 Å². The zero-order valence-electron chi connectivity index (χ0n) is 12.3. The van der Waals surface area contributed by atoms with Crippen LogP contribution in [0.5, 0.6) is 0 Å². The molecular formula is C16H21ClN2O. The smallest absolute Gasteiger partial charge is 0.127 e. The van der Waals surface area contributed by atoms with Gasteiger partial charge in [-0.25, -0.2) is 4.98 Å². The lowest BCUT2D eigenvalue weighted by Gasteiger charge is -2.41. The first-order chi connectivity index (χ1) is 9.56. The minimum atomic E-state index is -0.101. The van der Waals surface area contributed by atoms with Crippen molar-refractivity contribution in [2.24, 2.45) is 0 Å². The monoisotopic (exact) mass is 292 g/mol. The van der Waals surface area contributed by atoms with Gasteiger partial charge in [0.25, 0.3) is 0 Å². The van der Waals surface area contributed by atoms with Crippen LogP contribution in [-0.2, 0) is 11.3 Å². The van der Waals surface area contributed by atoms with E-state index in [1.165, 1.54) is 17.5 Å². The Bertz CT molecular complexity index is 623. The lowest BCUT2D eigenvalue weighted by atomic mass is 9.80. The number of hydrogen-bond acceptors (Lipinski definition) is 2. The third kappa shape index (κ3) is 2.13. The third-order valence-corrected chi connectivity index (χ3v) is 4.69. The SMILES string of the molecule is COC1(Cn2c(C(C)Cl)nc3cccc(C)c32)CCC1. The molecule has 2 aromatic rings. The maximum atomic E-state index is 6.34. The zero-order valence-corrected chi connectivity index (χ0v) is 13.1. The number of methoxy groups -OCH3 is 1. The molecule has 1 fully saturated rings. The lowest BCUT2D eigenvalue weighted by Crippen LogP contribution is -2.43. The molecule has 0 saturated heterocycles. The van der Waals surface area contributed by atoms with Crippen LogP contribution in [0, 0.1) is 6.92 Å². The van der Waals surface area contributed by atoms with Crippen LogP contribution in [0.3, 0.4) is 0 Å². The fraction of sp³-hybridized carbons (Fsp3) is 0.562. The molecule has 1 aromatic heterocycles. The molecule has 1 atom stereocenters. The van der Waals surface area contributed by atoms with Gasteiger partial charge in [-0.05, 0) is 44.7 Å². The van der Waals surface area contributed by atoms with Crippen molar-refractivity contribution in [2.45, 2.75) is 50.6 Å². The molecule has 4 heteroatoms. The van der Waals surface area contributed by atoms with E-state index in [1.54, 1.807) is 0 Å². The van der Waals surface area contributed by atoms with Crippen molar-refractivity contribution in [1.29, 1.82) is 0 Å². The number of alkyl halides is 1. The fourth-order valence-corrected chi connectivity index (χ4v) is 3.30. The van der Waals surface area contributed by atoms with Gasteiger partial charge in [0, 0.05) is 7.11 Å². The van der Waals surface area contributed by atoms with Crippen LogP contribution in [-0.4, -0.2) is 22.3 Å². The van der Waals surface area contributed by atoms with Gasteiger partial charge in [0.1, 0.15) is 5.82 Å². The van der Waals surface area contributed by atoms with Crippen LogP contribution in [0.15, 0.2) is 18.2 Å². The summed E-state index contributed by atoms with van der Waals surface area (Å²) in [5.41, 5.74) is 3.43. The van der Waals surface area contributed by atoms with Crippen LogP contribution in [0.4, 0.5) is 0 Å². The van der Waals surface area contributed by atoms with Crippen molar-refractivity contribution >= 4 is 22.6 Å². The first-order valence-electron chi connectivity index (χ1n) is 7.21. The predicted octanol–water partition coefficient (Wildman–Crippen LogP) is 4.21. The number of aromatic nitrogens is 2. The highest BCUT2D eigenvalue weighted by Crippen LogP contribution is 2.39. The van der Waals surface area contributed by atoms with Gasteiger partial charge in [-0.2, -0.15) is 0 Å². The molecule has 1 aliphatic carbocycles. The van der Waals surface area contributed by atoms with Gasteiger partial charge < -0.3 is 9.30 Å². The number of imidazole rings is 1. The van der Waals surface area contributed by atoms with Gasteiger partial charge in [0.15, 0.2) is 0 Å². The Morgan fingerprint density at radius 2 is 2.20 bits per heavy atom. The summed E-state index contributed by atoms with van der Waals surface area (Å²) in [5.74, 6) is 0.944. The molecule has 1 saturated carbocycles. The maximum Gasteiger partial charge on any atom is 0.127 e. The molecule has 3 rings (SSSR count). The number of hydrogen-bond donors (Lipinski definition) is 0. The number of benzene rings is 1. The molecule has 0 bridgehead atoms. The number of para-hydroxylation sites is 1. The highest BCUT2D eigenvalue weighted by Gasteiger charge is 2.38. The largest absolute Gasteiger partial charge is 0.376 e. The molecule has 20 heavy (non-hydrogen) atoms. The number of nitrogens with zero attached hydrogens (tertiary/aromatic N) is 2. The van der Waals surface area contributed by atoms with Gasteiger partial charge >= 0.3 is 0 Å². The number of halogens is 1. The summed E-state index contributed by atoms with van der Waals surface area (Å²) in [7, 11) is 1.81. The number of ether oxygens (including phenoxy) is 1. The van der Waals surface area contributed by atoms with E-state index in [9.17, 15) is 0 Å². The fourth-order valence-electron chi connectivity index (χ4n) is 3.13. The topological polar surface area (TPSA) is 27.1 Å². The van der Waals surface area contributed by atoms with E-state index in [0.29, 0.717) is 0 Å². The van der Waals surface area contributed by atoms with E-state index in [0.717, 1.165) is 30.7 Å². The molecule has 0 spiro atoms. The normalized spacial score (nSPS) is 19.0. The molecule has 3 nitrogen and oxygen atoms in total. The van der Waals surface area contributed by atoms with E-state index < -0.39 is 0 Å². The molecule has 1 heterocycles. The van der Waals surface area contributed by atoms with E-state index in [-0.39, 0.29) is 11.0 Å². The molecule has 1 aromatic carbocycles. The van der Waals surface area contributed by atoms with E-state index in [2.05, 4.69) is 23.6 Å². The van der Waals surface area contributed by atoms with Crippen molar-refractivity contribution in [3.8, 4) is 0 Å². The Morgan fingerprint density at radius 1 is 1.45 bits per heavy atom. The van der Waals surface area contributed by atoms with Gasteiger partial charge in [-0.3, -0.25) is 0 Å². The standard InChI is InChI=1S/C16H21ClN2O/c1-11-6-4-7-13-14(11)19(15(18-13)12(2)17)10-16(20-3)8-5-9-16/h4,6-7,12H,5,8-10H2,1-3H3. The van der Waals surface area contributed by atoms with Crippen molar-refractivity contribution in [1.82, 2.24) is 9.55 Å². The minimum absolute atomic E-state index is 0.0313. The van der Waals surface area contributed by atoms with Gasteiger partial charge in [-0.1, -0.05) is 12.1 Å². The Hall–Kier alpha value is -1.06. The molecule has 0 N–H and O–H groups in total. The summed E-state index contributed by atoms with van der Waals surface area (Å²) in [4.78, 5) is 4.73. The summed E-state index contributed by atoms with van der Waals surface area (Å²) in [5, 5.41) is -0.101. The van der Waals surface area contributed by atoms with Crippen molar-refractivity contribution in [3.63, 3.8) is 0 Å². The maximum absolute atomic E-state index is 6.34. The van der Waals surface area contributed by atoms with E-state index in [1.807, 2.05) is 20.1 Å². The van der Waals surface area contributed by atoms with Crippen LogP contribution in [0.2, 0.25) is 0 Å². The van der Waals surface area contributed by atoms with Crippen molar-refractivity contribution in [2.75, 3.05) is 7.11 Å². The average Bonchev–Trinajstić information content (AvgIpc) is 2.74. The molecular weight excluding hydrogens is 272 g/mol. The second-order valence-corrected chi connectivity index (χ2v) is 6.51. The van der Waals surface area contributed by atoms with Crippen LogP contribution >= 0.6 is 11.6 Å². The number of fused-ring (bicyclic) bond motifs is 1. The summed E-state index contributed by atoms with van der Waals surface area (Å²) in [6, 6.07) is 6.23. The molecule has 1 aliphatic rings.